The van der Waals surface area contributed by atoms with Crippen LogP contribution in [0.2, 0.25) is 5.02 Å². The Balaban J connectivity index is 2.06. The first-order valence-electron chi connectivity index (χ1n) is 7.43. The van der Waals surface area contributed by atoms with Gasteiger partial charge in [-0.2, -0.15) is 0 Å². The number of nitrogens with zero attached hydrogens (tertiary/aromatic N) is 1. The Labute approximate surface area is 145 Å². The number of aryl methyl sites for hydroxylation is 1. The normalized spacial score (nSPS) is 10.3. The number of hydrogen-bond acceptors (Lipinski definition) is 2. The van der Waals surface area contributed by atoms with Crippen molar-refractivity contribution in [1.82, 2.24) is 5.32 Å². The minimum Gasteiger partial charge on any atom is -0.350 e. The van der Waals surface area contributed by atoms with Gasteiger partial charge in [0.15, 0.2) is 0 Å². The second-order valence-corrected chi connectivity index (χ2v) is 5.84. The van der Waals surface area contributed by atoms with Gasteiger partial charge >= 0.3 is 0 Å². The highest BCUT2D eigenvalue weighted by Gasteiger charge is 2.17. The summed E-state index contributed by atoms with van der Waals surface area (Å²) in [6.07, 6.45) is 0. The average Bonchev–Trinajstić information content (AvgIpc) is 2.52. The molecule has 0 radical (unpaired) electrons. The zero-order valence-corrected chi connectivity index (χ0v) is 14.2. The van der Waals surface area contributed by atoms with Gasteiger partial charge in [-0.25, -0.2) is 4.39 Å². The fourth-order valence-electron chi connectivity index (χ4n) is 2.32. The van der Waals surface area contributed by atoms with Crippen LogP contribution >= 0.6 is 11.6 Å². The standard InChI is InChI=1S/C18H18ClFN2O2/c1-12-9-15(19)7-8-17(12)22(13(2)23)11-18(24)21-10-14-5-3-4-6-16(14)20/h3-9H,10-11H2,1-2H3,(H,21,24). The lowest BCUT2D eigenvalue weighted by Gasteiger charge is -2.22. The Bertz CT molecular complexity index is 764. The molecule has 0 aliphatic rings. The Hall–Kier alpha value is -2.40. The van der Waals surface area contributed by atoms with Crippen molar-refractivity contribution in [2.24, 2.45) is 0 Å². The first-order valence-corrected chi connectivity index (χ1v) is 7.80. The van der Waals surface area contributed by atoms with E-state index in [1.165, 1.54) is 17.9 Å². The number of hydrogen-bond donors (Lipinski definition) is 1. The van der Waals surface area contributed by atoms with Crippen molar-refractivity contribution < 1.29 is 14.0 Å². The smallest absolute Gasteiger partial charge is 0.240 e. The molecule has 0 bridgehead atoms. The molecular weight excluding hydrogens is 331 g/mol. The number of carbonyl (C=O) groups is 2. The molecule has 0 heterocycles. The fourth-order valence-corrected chi connectivity index (χ4v) is 2.55. The lowest BCUT2D eigenvalue weighted by atomic mass is 10.1. The molecule has 2 aromatic carbocycles. The van der Waals surface area contributed by atoms with Crippen LogP contribution in [0.1, 0.15) is 18.1 Å². The van der Waals surface area contributed by atoms with E-state index in [2.05, 4.69) is 5.32 Å². The maximum absolute atomic E-state index is 13.6. The third-order valence-electron chi connectivity index (χ3n) is 3.57. The molecule has 24 heavy (non-hydrogen) atoms. The number of rotatable bonds is 5. The minimum absolute atomic E-state index is 0.0663. The van der Waals surface area contributed by atoms with E-state index in [1.807, 2.05) is 6.92 Å². The molecule has 0 saturated carbocycles. The lowest BCUT2D eigenvalue weighted by molar-refractivity contribution is -0.123. The molecule has 0 aliphatic carbocycles. The zero-order valence-electron chi connectivity index (χ0n) is 13.5. The van der Waals surface area contributed by atoms with Crippen LogP contribution in [0.25, 0.3) is 0 Å². The van der Waals surface area contributed by atoms with Crippen LogP contribution in [0.3, 0.4) is 0 Å². The molecular formula is C18H18ClFN2O2. The molecule has 0 atom stereocenters. The van der Waals surface area contributed by atoms with Crippen LogP contribution < -0.4 is 10.2 Å². The summed E-state index contributed by atoms with van der Waals surface area (Å²) in [5.74, 6) is -1.01. The Morgan fingerprint density at radius 1 is 1.21 bits per heavy atom. The van der Waals surface area contributed by atoms with Crippen molar-refractivity contribution in [3.05, 3.63) is 64.4 Å². The predicted molar refractivity (Wildman–Crippen MR) is 92.5 cm³/mol. The number of carbonyl (C=O) groups excluding carboxylic acids is 2. The summed E-state index contributed by atoms with van der Waals surface area (Å²) in [7, 11) is 0. The van der Waals surface area contributed by atoms with Crippen LogP contribution in [0.5, 0.6) is 0 Å². The van der Waals surface area contributed by atoms with Gasteiger partial charge in [0.25, 0.3) is 0 Å². The van der Waals surface area contributed by atoms with E-state index in [9.17, 15) is 14.0 Å². The number of anilines is 1. The third-order valence-corrected chi connectivity index (χ3v) is 3.80. The van der Waals surface area contributed by atoms with Crippen molar-refractivity contribution >= 4 is 29.1 Å². The Kier molecular flexibility index (Phi) is 5.93. The molecule has 0 fully saturated rings. The summed E-state index contributed by atoms with van der Waals surface area (Å²) in [5, 5.41) is 3.19. The highest BCUT2D eigenvalue weighted by molar-refractivity contribution is 6.30. The molecule has 2 rings (SSSR count). The van der Waals surface area contributed by atoms with E-state index in [-0.39, 0.29) is 30.7 Å². The summed E-state index contributed by atoms with van der Waals surface area (Å²) in [4.78, 5) is 25.4. The van der Waals surface area contributed by atoms with Gasteiger partial charge in [0, 0.05) is 29.7 Å². The van der Waals surface area contributed by atoms with Crippen molar-refractivity contribution in [3.8, 4) is 0 Å². The van der Waals surface area contributed by atoms with Gasteiger partial charge in [-0.3, -0.25) is 9.59 Å². The van der Waals surface area contributed by atoms with Gasteiger partial charge in [0.05, 0.1) is 0 Å². The Morgan fingerprint density at radius 2 is 1.92 bits per heavy atom. The first-order chi connectivity index (χ1) is 11.4. The highest BCUT2D eigenvalue weighted by Crippen LogP contribution is 2.23. The molecule has 0 spiro atoms. The van der Waals surface area contributed by atoms with Crippen molar-refractivity contribution in [3.63, 3.8) is 0 Å². The monoisotopic (exact) mass is 348 g/mol. The minimum atomic E-state index is -0.380. The first kappa shape index (κ1) is 17.9. The summed E-state index contributed by atoms with van der Waals surface area (Å²) in [6, 6.07) is 11.3. The largest absolute Gasteiger partial charge is 0.350 e. The topological polar surface area (TPSA) is 49.4 Å². The second kappa shape index (κ2) is 7.93. The maximum Gasteiger partial charge on any atom is 0.240 e. The molecule has 0 unspecified atom stereocenters. The fraction of sp³-hybridized carbons (Fsp3) is 0.222. The van der Waals surface area contributed by atoms with Gasteiger partial charge < -0.3 is 10.2 Å². The van der Waals surface area contributed by atoms with Gasteiger partial charge in [-0.15, -0.1) is 0 Å². The molecule has 6 heteroatoms. The van der Waals surface area contributed by atoms with Crippen molar-refractivity contribution in [1.29, 1.82) is 0 Å². The zero-order chi connectivity index (χ0) is 17.7. The van der Waals surface area contributed by atoms with E-state index in [4.69, 9.17) is 11.6 Å². The molecule has 2 aromatic rings. The van der Waals surface area contributed by atoms with Crippen LogP contribution in [0.15, 0.2) is 42.5 Å². The van der Waals surface area contributed by atoms with E-state index < -0.39 is 0 Å². The van der Waals surface area contributed by atoms with Gasteiger partial charge in [-0.1, -0.05) is 29.8 Å². The number of benzene rings is 2. The van der Waals surface area contributed by atoms with Gasteiger partial charge in [0.2, 0.25) is 11.8 Å². The quantitative estimate of drug-likeness (QED) is 0.899. The molecule has 0 aliphatic heterocycles. The summed E-state index contributed by atoms with van der Waals surface area (Å²) < 4.78 is 13.6. The Morgan fingerprint density at radius 3 is 2.54 bits per heavy atom. The van der Waals surface area contributed by atoms with E-state index in [1.54, 1.807) is 36.4 Å². The van der Waals surface area contributed by atoms with E-state index >= 15 is 0 Å². The van der Waals surface area contributed by atoms with E-state index in [0.717, 1.165) is 5.56 Å². The van der Waals surface area contributed by atoms with Gasteiger partial charge in [-0.05, 0) is 36.8 Å². The summed E-state index contributed by atoms with van der Waals surface area (Å²) in [5.41, 5.74) is 1.80. The predicted octanol–water partition coefficient (Wildman–Crippen LogP) is 3.46. The highest BCUT2D eigenvalue weighted by atomic mass is 35.5. The van der Waals surface area contributed by atoms with Crippen LogP contribution in [-0.2, 0) is 16.1 Å². The van der Waals surface area contributed by atoms with Crippen LogP contribution in [-0.4, -0.2) is 18.4 Å². The maximum atomic E-state index is 13.6. The van der Waals surface area contributed by atoms with Crippen LogP contribution in [0.4, 0.5) is 10.1 Å². The number of amides is 2. The summed E-state index contributed by atoms with van der Waals surface area (Å²) >= 11 is 5.92. The molecule has 4 nitrogen and oxygen atoms in total. The lowest BCUT2D eigenvalue weighted by Crippen LogP contribution is -2.40. The molecule has 0 saturated heterocycles. The second-order valence-electron chi connectivity index (χ2n) is 5.40. The van der Waals surface area contributed by atoms with Gasteiger partial charge in [0.1, 0.15) is 12.4 Å². The van der Waals surface area contributed by atoms with Crippen LogP contribution in [0, 0.1) is 12.7 Å². The molecule has 1 N–H and O–H groups in total. The number of nitrogens with one attached hydrogen (secondary N) is 1. The summed E-state index contributed by atoms with van der Waals surface area (Å²) in [6.45, 7) is 3.12. The third kappa shape index (κ3) is 4.55. The van der Waals surface area contributed by atoms with Crippen molar-refractivity contribution in [2.45, 2.75) is 20.4 Å². The van der Waals surface area contributed by atoms with Crippen molar-refractivity contribution in [2.75, 3.05) is 11.4 Å². The molecule has 126 valence electrons. The SMILES string of the molecule is CC(=O)N(CC(=O)NCc1ccccc1F)c1ccc(Cl)cc1C. The average molecular weight is 349 g/mol. The number of halogens is 2. The molecule has 2 amide bonds. The molecule has 0 aromatic heterocycles. The van der Waals surface area contributed by atoms with E-state index in [0.29, 0.717) is 16.3 Å².